The molecule has 4 rings (SSSR count). The lowest BCUT2D eigenvalue weighted by molar-refractivity contribution is -0.115. The van der Waals surface area contributed by atoms with Crippen molar-refractivity contribution in [1.82, 2.24) is 15.5 Å². The number of carbonyl (C=O) groups excluding carboxylic acids is 1. The van der Waals surface area contributed by atoms with Crippen LogP contribution in [0.1, 0.15) is 12.8 Å². The van der Waals surface area contributed by atoms with E-state index in [4.69, 9.17) is 9.47 Å². The van der Waals surface area contributed by atoms with Crippen molar-refractivity contribution in [1.29, 1.82) is 0 Å². The maximum absolute atomic E-state index is 12.0. The molecule has 1 amide bonds. The lowest BCUT2D eigenvalue weighted by Gasteiger charge is -2.07. The van der Waals surface area contributed by atoms with Crippen LogP contribution in [-0.2, 0) is 4.79 Å². The second kappa shape index (κ2) is 5.92. The van der Waals surface area contributed by atoms with Gasteiger partial charge in [-0.05, 0) is 43.0 Å². The van der Waals surface area contributed by atoms with Gasteiger partial charge in [0.15, 0.2) is 11.5 Å². The van der Waals surface area contributed by atoms with Crippen molar-refractivity contribution in [2.75, 3.05) is 25.2 Å². The Morgan fingerprint density at radius 2 is 2.17 bits per heavy atom. The van der Waals surface area contributed by atoms with Crippen molar-refractivity contribution in [2.24, 2.45) is 5.92 Å². The van der Waals surface area contributed by atoms with Gasteiger partial charge in [0.2, 0.25) is 12.7 Å². The highest BCUT2D eigenvalue weighted by molar-refractivity contribution is 5.95. The summed E-state index contributed by atoms with van der Waals surface area (Å²) in [6.07, 6.45) is 4.22. The topological polar surface area (TPSA) is 88.3 Å². The second-order valence-electron chi connectivity index (χ2n) is 5.85. The molecular formula is C16H18N4O3. The van der Waals surface area contributed by atoms with E-state index >= 15 is 0 Å². The Morgan fingerprint density at radius 3 is 3.04 bits per heavy atom. The van der Waals surface area contributed by atoms with Crippen LogP contribution in [0.3, 0.4) is 0 Å². The van der Waals surface area contributed by atoms with E-state index in [-0.39, 0.29) is 12.7 Å². The highest BCUT2D eigenvalue weighted by Crippen LogP contribution is 2.37. The van der Waals surface area contributed by atoms with Gasteiger partial charge in [0, 0.05) is 5.56 Å². The second-order valence-corrected chi connectivity index (χ2v) is 5.85. The Labute approximate surface area is 133 Å². The third-order valence-electron chi connectivity index (χ3n) is 4.00. The van der Waals surface area contributed by atoms with Crippen LogP contribution in [0.4, 0.5) is 5.82 Å². The highest BCUT2D eigenvalue weighted by atomic mass is 16.7. The highest BCUT2D eigenvalue weighted by Gasteiger charge is 2.21. The predicted octanol–water partition coefficient (Wildman–Crippen LogP) is 1.74. The summed E-state index contributed by atoms with van der Waals surface area (Å²) in [5.41, 5.74) is 1.73. The number of carbonyl (C=O) groups is 1. The Hall–Kier alpha value is -2.54. The largest absolute Gasteiger partial charge is 0.454 e. The number of hydrogen-bond donors (Lipinski definition) is 3. The lowest BCUT2D eigenvalue weighted by Crippen LogP contribution is -2.29. The molecule has 120 valence electrons. The summed E-state index contributed by atoms with van der Waals surface area (Å²) >= 11 is 0. The number of aromatic nitrogens is 2. The first-order valence-electron chi connectivity index (χ1n) is 7.73. The van der Waals surface area contributed by atoms with Crippen LogP contribution < -0.4 is 20.1 Å². The maximum atomic E-state index is 12.0. The molecule has 1 aliphatic carbocycles. The van der Waals surface area contributed by atoms with Crippen LogP contribution in [-0.4, -0.2) is 36.0 Å². The van der Waals surface area contributed by atoms with E-state index in [0.717, 1.165) is 29.3 Å². The summed E-state index contributed by atoms with van der Waals surface area (Å²) in [5.74, 6) is 2.68. The van der Waals surface area contributed by atoms with E-state index in [1.165, 1.54) is 12.8 Å². The molecule has 2 aliphatic rings. The first-order valence-corrected chi connectivity index (χ1v) is 7.73. The Kier molecular flexibility index (Phi) is 3.63. The zero-order valence-corrected chi connectivity index (χ0v) is 12.6. The van der Waals surface area contributed by atoms with Crippen LogP contribution in [0, 0.1) is 5.92 Å². The standard InChI is InChI=1S/C16H18N4O3/c21-15(8-17-6-10-1-2-10)19-16-12(7-18-20-16)11-3-4-13-14(5-11)23-9-22-13/h3-5,7,10,17H,1-2,6,8-9H2,(H2,18,19,20,21). The number of H-pyrrole nitrogens is 1. The summed E-state index contributed by atoms with van der Waals surface area (Å²) < 4.78 is 10.7. The fourth-order valence-electron chi connectivity index (χ4n) is 2.56. The van der Waals surface area contributed by atoms with Crippen molar-refractivity contribution >= 4 is 11.7 Å². The van der Waals surface area contributed by atoms with E-state index in [0.29, 0.717) is 18.1 Å². The zero-order chi connectivity index (χ0) is 15.6. The number of amides is 1. The normalized spacial score (nSPS) is 15.7. The fourth-order valence-corrected chi connectivity index (χ4v) is 2.56. The van der Waals surface area contributed by atoms with Crippen molar-refractivity contribution in [2.45, 2.75) is 12.8 Å². The smallest absolute Gasteiger partial charge is 0.239 e. The molecule has 2 heterocycles. The molecule has 1 saturated carbocycles. The maximum Gasteiger partial charge on any atom is 0.239 e. The molecule has 23 heavy (non-hydrogen) atoms. The van der Waals surface area contributed by atoms with Crippen LogP contribution in [0.2, 0.25) is 0 Å². The summed E-state index contributed by atoms with van der Waals surface area (Å²) in [5, 5.41) is 12.9. The number of nitrogens with zero attached hydrogens (tertiary/aromatic N) is 1. The van der Waals surface area contributed by atoms with E-state index in [9.17, 15) is 4.79 Å². The molecule has 0 bridgehead atoms. The van der Waals surface area contributed by atoms with Crippen molar-refractivity contribution in [3.05, 3.63) is 24.4 Å². The van der Waals surface area contributed by atoms with E-state index in [1.807, 2.05) is 18.2 Å². The summed E-state index contributed by atoms with van der Waals surface area (Å²) in [6.45, 7) is 1.45. The van der Waals surface area contributed by atoms with Crippen molar-refractivity contribution in [3.8, 4) is 22.6 Å². The number of aromatic amines is 1. The van der Waals surface area contributed by atoms with Gasteiger partial charge in [-0.2, -0.15) is 5.10 Å². The molecule has 0 spiro atoms. The Morgan fingerprint density at radius 1 is 1.30 bits per heavy atom. The SMILES string of the molecule is O=C(CNCC1CC1)Nc1[nH]ncc1-c1ccc2c(c1)OCO2. The van der Waals surface area contributed by atoms with Crippen LogP contribution in [0.15, 0.2) is 24.4 Å². The Balaban J connectivity index is 1.44. The van der Waals surface area contributed by atoms with E-state index in [1.54, 1.807) is 6.20 Å². The lowest BCUT2D eigenvalue weighted by atomic mass is 10.1. The molecule has 1 aromatic heterocycles. The van der Waals surface area contributed by atoms with Crippen LogP contribution >= 0.6 is 0 Å². The van der Waals surface area contributed by atoms with E-state index in [2.05, 4.69) is 20.8 Å². The number of rotatable bonds is 6. The molecule has 1 fully saturated rings. The first-order chi connectivity index (χ1) is 11.3. The third-order valence-corrected chi connectivity index (χ3v) is 4.00. The minimum atomic E-state index is -0.0862. The average Bonchev–Trinajstić information content (AvgIpc) is 3.07. The van der Waals surface area contributed by atoms with Gasteiger partial charge in [0.1, 0.15) is 5.82 Å². The van der Waals surface area contributed by atoms with Gasteiger partial charge in [0.05, 0.1) is 12.7 Å². The van der Waals surface area contributed by atoms with E-state index < -0.39 is 0 Å². The molecule has 0 atom stereocenters. The number of nitrogens with one attached hydrogen (secondary N) is 3. The molecule has 7 nitrogen and oxygen atoms in total. The molecule has 0 radical (unpaired) electrons. The molecule has 2 aromatic rings. The monoisotopic (exact) mass is 314 g/mol. The Bertz CT molecular complexity index is 724. The summed E-state index contributed by atoms with van der Waals surface area (Å²) in [6, 6.07) is 5.65. The number of ether oxygens (including phenoxy) is 2. The molecule has 0 saturated heterocycles. The third kappa shape index (κ3) is 3.14. The van der Waals surface area contributed by atoms with Gasteiger partial charge >= 0.3 is 0 Å². The van der Waals surface area contributed by atoms with Crippen molar-refractivity contribution in [3.63, 3.8) is 0 Å². The van der Waals surface area contributed by atoms with Gasteiger partial charge in [0.25, 0.3) is 0 Å². The van der Waals surface area contributed by atoms with Gasteiger partial charge in [-0.1, -0.05) is 6.07 Å². The van der Waals surface area contributed by atoms with Crippen LogP contribution in [0.25, 0.3) is 11.1 Å². The van der Waals surface area contributed by atoms with Gasteiger partial charge < -0.3 is 20.1 Å². The molecule has 1 aromatic carbocycles. The predicted molar refractivity (Wildman–Crippen MR) is 84.4 cm³/mol. The van der Waals surface area contributed by atoms with Gasteiger partial charge in [-0.25, -0.2) is 0 Å². The zero-order valence-electron chi connectivity index (χ0n) is 12.6. The number of benzene rings is 1. The average molecular weight is 314 g/mol. The molecule has 0 unspecified atom stereocenters. The molecule has 7 heteroatoms. The molecular weight excluding hydrogens is 296 g/mol. The molecule has 3 N–H and O–H groups in total. The first kappa shape index (κ1) is 14.1. The quantitative estimate of drug-likeness (QED) is 0.756. The number of fused-ring (bicyclic) bond motifs is 1. The minimum Gasteiger partial charge on any atom is -0.454 e. The number of anilines is 1. The summed E-state index contributed by atoms with van der Waals surface area (Å²) in [7, 11) is 0. The number of hydrogen-bond acceptors (Lipinski definition) is 5. The van der Waals surface area contributed by atoms with Crippen molar-refractivity contribution < 1.29 is 14.3 Å². The van der Waals surface area contributed by atoms with Crippen LogP contribution in [0.5, 0.6) is 11.5 Å². The van der Waals surface area contributed by atoms with Gasteiger partial charge in [-0.15, -0.1) is 0 Å². The van der Waals surface area contributed by atoms with Gasteiger partial charge in [-0.3, -0.25) is 9.89 Å². The minimum absolute atomic E-state index is 0.0862. The molecule has 1 aliphatic heterocycles. The summed E-state index contributed by atoms with van der Waals surface area (Å²) in [4.78, 5) is 12.0. The fraction of sp³-hybridized carbons (Fsp3) is 0.375.